The van der Waals surface area contributed by atoms with E-state index in [2.05, 4.69) is 5.10 Å². The van der Waals surface area contributed by atoms with Crippen LogP contribution in [0.3, 0.4) is 0 Å². The van der Waals surface area contributed by atoms with E-state index in [0.717, 1.165) is 0 Å². The van der Waals surface area contributed by atoms with Crippen LogP contribution in [0.5, 0.6) is 0 Å². The molecule has 9 heteroatoms. The summed E-state index contributed by atoms with van der Waals surface area (Å²) in [5.41, 5.74) is 0.442. The van der Waals surface area contributed by atoms with E-state index in [1.807, 2.05) is 13.8 Å². The minimum Gasteiger partial charge on any atom is -0.335 e. The van der Waals surface area contributed by atoms with Gasteiger partial charge in [-0.1, -0.05) is 41.4 Å². The van der Waals surface area contributed by atoms with Crippen LogP contribution in [0.15, 0.2) is 47.3 Å². The van der Waals surface area contributed by atoms with Crippen LogP contribution < -0.4 is 5.56 Å². The number of hydrogen-bond donors (Lipinski definition) is 0. The van der Waals surface area contributed by atoms with Gasteiger partial charge in [0.05, 0.1) is 11.4 Å². The van der Waals surface area contributed by atoms with E-state index in [1.54, 1.807) is 52.3 Å². The Morgan fingerprint density at radius 1 is 0.875 bits per heavy atom. The zero-order chi connectivity index (χ0) is 23.0. The molecule has 4 rings (SSSR count). The molecular formula is C23H22Cl2N4O3. The predicted octanol–water partition coefficient (Wildman–Crippen LogP) is 3.88. The molecule has 1 aliphatic heterocycles. The first-order chi connectivity index (χ1) is 15.3. The molecule has 7 nitrogen and oxygen atoms in total. The summed E-state index contributed by atoms with van der Waals surface area (Å²) in [5.74, 6) is -0.438. The molecule has 1 saturated heterocycles. The molecule has 0 N–H and O–H groups in total. The van der Waals surface area contributed by atoms with Gasteiger partial charge in [-0.15, -0.1) is 0 Å². The number of carbonyl (C=O) groups is 2. The van der Waals surface area contributed by atoms with Crippen molar-refractivity contribution in [1.29, 1.82) is 0 Å². The fraction of sp³-hybridized carbons (Fsp3) is 0.304. The fourth-order valence-electron chi connectivity index (χ4n) is 3.84. The van der Waals surface area contributed by atoms with Crippen molar-refractivity contribution >= 4 is 45.8 Å². The first-order valence-electron chi connectivity index (χ1n) is 10.3. The highest BCUT2D eigenvalue weighted by Gasteiger charge is 2.28. The second-order valence-electron chi connectivity index (χ2n) is 7.98. The third kappa shape index (κ3) is 4.23. The lowest BCUT2D eigenvalue weighted by Gasteiger charge is -2.35. The summed E-state index contributed by atoms with van der Waals surface area (Å²) in [6.07, 6.45) is 0. The van der Waals surface area contributed by atoms with Gasteiger partial charge in [0.2, 0.25) is 0 Å². The van der Waals surface area contributed by atoms with Crippen molar-refractivity contribution in [2.24, 2.45) is 0 Å². The second-order valence-corrected chi connectivity index (χ2v) is 8.85. The van der Waals surface area contributed by atoms with Gasteiger partial charge in [0, 0.05) is 47.2 Å². The number of amides is 2. The molecule has 2 amide bonds. The lowest BCUT2D eigenvalue weighted by Crippen LogP contribution is -2.51. The summed E-state index contributed by atoms with van der Waals surface area (Å²) in [7, 11) is 0. The molecule has 166 valence electrons. The molecule has 1 aromatic heterocycles. The second kappa shape index (κ2) is 8.92. The average molecular weight is 473 g/mol. The standard InChI is InChI=1S/C23H22Cl2N4O3/c1-14(2)29-22(31)19-6-4-3-5-18(19)20(26-29)23(32)28-9-7-27(8-10-28)21(30)15-11-16(24)13-17(25)12-15/h3-6,11-14H,7-10H2,1-2H3. The van der Waals surface area contributed by atoms with Gasteiger partial charge in [0.1, 0.15) is 0 Å². The van der Waals surface area contributed by atoms with Crippen molar-refractivity contribution in [3.8, 4) is 0 Å². The van der Waals surface area contributed by atoms with Crippen LogP contribution in [0.2, 0.25) is 10.0 Å². The van der Waals surface area contributed by atoms with Crippen LogP contribution in [-0.4, -0.2) is 57.6 Å². The highest BCUT2D eigenvalue weighted by atomic mass is 35.5. The largest absolute Gasteiger partial charge is 0.335 e. The Morgan fingerprint density at radius 2 is 1.41 bits per heavy atom. The SMILES string of the molecule is CC(C)n1nc(C(=O)N2CCN(C(=O)c3cc(Cl)cc(Cl)c3)CC2)c2ccccc2c1=O. The van der Waals surface area contributed by atoms with E-state index in [9.17, 15) is 14.4 Å². The van der Waals surface area contributed by atoms with Gasteiger partial charge in [-0.05, 0) is 38.1 Å². The van der Waals surface area contributed by atoms with Crippen LogP contribution >= 0.6 is 23.2 Å². The molecule has 0 radical (unpaired) electrons. The molecule has 1 aliphatic rings. The van der Waals surface area contributed by atoms with Crippen molar-refractivity contribution in [3.05, 3.63) is 74.1 Å². The molecule has 0 unspecified atom stereocenters. The maximum absolute atomic E-state index is 13.3. The van der Waals surface area contributed by atoms with Crippen molar-refractivity contribution in [3.63, 3.8) is 0 Å². The van der Waals surface area contributed by atoms with Crippen LogP contribution in [0.4, 0.5) is 0 Å². The van der Waals surface area contributed by atoms with E-state index >= 15 is 0 Å². The number of nitrogens with zero attached hydrogens (tertiary/aromatic N) is 4. The molecule has 0 aliphatic carbocycles. The molecule has 2 aromatic carbocycles. The minimum atomic E-state index is -0.256. The van der Waals surface area contributed by atoms with Crippen LogP contribution in [0.25, 0.3) is 10.8 Å². The van der Waals surface area contributed by atoms with Crippen molar-refractivity contribution < 1.29 is 9.59 Å². The smallest absolute Gasteiger partial charge is 0.275 e. The summed E-state index contributed by atoms with van der Waals surface area (Å²) in [5, 5.41) is 6.19. The number of carbonyl (C=O) groups excluding carboxylic acids is 2. The van der Waals surface area contributed by atoms with E-state index in [1.165, 1.54) is 4.68 Å². The first kappa shape index (κ1) is 22.3. The van der Waals surface area contributed by atoms with Crippen molar-refractivity contribution in [2.45, 2.75) is 19.9 Å². The Hall–Kier alpha value is -2.90. The number of benzene rings is 2. The molecular weight excluding hydrogens is 451 g/mol. The highest BCUT2D eigenvalue weighted by molar-refractivity contribution is 6.35. The van der Waals surface area contributed by atoms with Gasteiger partial charge >= 0.3 is 0 Å². The zero-order valence-corrected chi connectivity index (χ0v) is 19.2. The van der Waals surface area contributed by atoms with Crippen LogP contribution in [-0.2, 0) is 0 Å². The van der Waals surface area contributed by atoms with Gasteiger partial charge < -0.3 is 9.80 Å². The van der Waals surface area contributed by atoms with E-state index in [-0.39, 0.29) is 29.1 Å². The molecule has 0 spiro atoms. The summed E-state index contributed by atoms with van der Waals surface area (Å²) < 4.78 is 1.35. The Morgan fingerprint density at radius 3 is 1.97 bits per heavy atom. The van der Waals surface area contributed by atoms with Gasteiger partial charge in [0.15, 0.2) is 5.69 Å². The lowest BCUT2D eigenvalue weighted by atomic mass is 10.1. The third-order valence-corrected chi connectivity index (χ3v) is 5.92. The Balaban J connectivity index is 1.56. The van der Waals surface area contributed by atoms with Gasteiger partial charge in [-0.25, -0.2) is 4.68 Å². The Labute approximate surface area is 195 Å². The lowest BCUT2D eigenvalue weighted by molar-refractivity contribution is 0.0532. The number of fused-ring (bicyclic) bond motifs is 1. The Kier molecular flexibility index (Phi) is 6.22. The maximum Gasteiger partial charge on any atom is 0.275 e. The summed E-state index contributed by atoms with van der Waals surface area (Å²) in [6, 6.07) is 11.6. The van der Waals surface area contributed by atoms with Gasteiger partial charge in [-0.2, -0.15) is 5.10 Å². The summed E-state index contributed by atoms with van der Waals surface area (Å²) in [4.78, 5) is 42.3. The molecule has 0 bridgehead atoms. The fourth-order valence-corrected chi connectivity index (χ4v) is 4.36. The minimum absolute atomic E-state index is 0.182. The van der Waals surface area contributed by atoms with Crippen molar-refractivity contribution in [2.75, 3.05) is 26.2 Å². The van der Waals surface area contributed by atoms with Crippen LogP contribution in [0, 0.1) is 0 Å². The van der Waals surface area contributed by atoms with E-state index in [0.29, 0.717) is 52.6 Å². The number of halogens is 2. The third-order valence-electron chi connectivity index (χ3n) is 5.48. The normalized spacial score (nSPS) is 14.3. The number of rotatable bonds is 3. The quantitative estimate of drug-likeness (QED) is 0.579. The average Bonchev–Trinajstić information content (AvgIpc) is 2.78. The molecule has 2 heterocycles. The summed E-state index contributed by atoms with van der Waals surface area (Å²) in [6.45, 7) is 5.16. The van der Waals surface area contributed by atoms with E-state index in [4.69, 9.17) is 23.2 Å². The molecule has 3 aromatic rings. The topological polar surface area (TPSA) is 75.5 Å². The maximum atomic E-state index is 13.3. The van der Waals surface area contributed by atoms with Crippen molar-refractivity contribution in [1.82, 2.24) is 19.6 Å². The highest BCUT2D eigenvalue weighted by Crippen LogP contribution is 2.22. The number of aromatic nitrogens is 2. The molecule has 0 atom stereocenters. The molecule has 1 fully saturated rings. The Bertz CT molecular complexity index is 1240. The monoisotopic (exact) mass is 472 g/mol. The molecule has 0 saturated carbocycles. The first-order valence-corrected chi connectivity index (χ1v) is 11.1. The van der Waals surface area contributed by atoms with Gasteiger partial charge in [-0.3, -0.25) is 14.4 Å². The summed E-state index contributed by atoms with van der Waals surface area (Å²) >= 11 is 12.0. The molecule has 32 heavy (non-hydrogen) atoms. The van der Waals surface area contributed by atoms with Gasteiger partial charge in [0.25, 0.3) is 17.4 Å². The number of hydrogen-bond acceptors (Lipinski definition) is 4. The predicted molar refractivity (Wildman–Crippen MR) is 125 cm³/mol. The number of piperazine rings is 1. The zero-order valence-electron chi connectivity index (χ0n) is 17.7. The van der Waals surface area contributed by atoms with E-state index < -0.39 is 0 Å². The van der Waals surface area contributed by atoms with Crippen LogP contribution in [0.1, 0.15) is 40.7 Å².